The molecule has 0 saturated heterocycles. The number of pyridine rings is 1. The van der Waals surface area contributed by atoms with Crippen LogP contribution in [0.3, 0.4) is 0 Å². The maximum absolute atomic E-state index is 14.8. The minimum Gasteiger partial charge on any atom is -0.469 e. The van der Waals surface area contributed by atoms with Crippen molar-refractivity contribution < 1.29 is 13.9 Å². The summed E-state index contributed by atoms with van der Waals surface area (Å²) in [5.41, 5.74) is 2.44. The molecule has 0 amide bonds. The largest absolute Gasteiger partial charge is 0.469 e. The third-order valence-corrected chi connectivity index (χ3v) is 5.27. The Balaban J connectivity index is 2.05. The molecular formula is C19H22FN5O2S. The summed E-state index contributed by atoms with van der Waals surface area (Å²) in [4.78, 5) is 28.0. The predicted octanol–water partition coefficient (Wildman–Crippen LogP) is 3.80. The number of hydrogen-bond acceptors (Lipinski definition) is 7. The number of nitrogens with one attached hydrogen (secondary N) is 2. The molecule has 3 aromatic heterocycles. The summed E-state index contributed by atoms with van der Waals surface area (Å²) in [6, 6.07) is 1.60. The van der Waals surface area contributed by atoms with Crippen molar-refractivity contribution in [3.05, 3.63) is 29.8 Å². The van der Waals surface area contributed by atoms with Gasteiger partial charge in [-0.3, -0.25) is 4.79 Å². The van der Waals surface area contributed by atoms with E-state index in [1.807, 2.05) is 13.0 Å². The molecule has 0 aliphatic rings. The van der Waals surface area contributed by atoms with E-state index in [0.29, 0.717) is 11.5 Å². The molecule has 0 aromatic carbocycles. The number of nitrogens with zero attached hydrogens (tertiary/aromatic N) is 3. The fourth-order valence-corrected chi connectivity index (χ4v) is 3.26. The molecule has 3 rings (SSSR count). The van der Waals surface area contributed by atoms with Crippen molar-refractivity contribution >= 4 is 34.6 Å². The van der Waals surface area contributed by atoms with Gasteiger partial charge in [0.2, 0.25) is 0 Å². The number of aromatic nitrogens is 4. The standard InChI is InChI=1S/C19H22FN5O2S/c1-9-6-12-13(8-22-15(12)21-7-9)16-24-17(14(20)18(25-16)28-5)23-11(3)10(2)19(26)27-4/h6-8,10-11H,1-5H3,(H,21,22)(H,23,24,25). The van der Waals surface area contributed by atoms with E-state index in [9.17, 15) is 9.18 Å². The van der Waals surface area contributed by atoms with Crippen LogP contribution in [0.5, 0.6) is 0 Å². The van der Waals surface area contributed by atoms with Gasteiger partial charge in [-0.05, 0) is 38.7 Å². The number of rotatable bonds is 6. The zero-order valence-corrected chi connectivity index (χ0v) is 17.1. The Morgan fingerprint density at radius 2 is 2.11 bits per heavy atom. The summed E-state index contributed by atoms with van der Waals surface area (Å²) in [5.74, 6) is -0.967. The third-order valence-electron chi connectivity index (χ3n) is 4.61. The Labute approximate surface area is 166 Å². The number of anilines is 1. The van der Waals surface area contributed by atoms with Gasteiger partial charge in [0.05, 0.1) is 13.0 Å². The molecule has 7 nitrogen and oxygen atoms in total. The Hall–Kier alpha value is -2.68. The third kappa shape index (κ3) is 3.80. The van der Waals surface area contributed by atoms with Gasteiger partial charge in [0.1, 0.15) is 10.7 Å². The fourth-order valence-electron chi connectivity index (χ4n) is 2.80. The lowest BCUT2D eigenvalue weighted by atomic mass is 10.0. The zero-order chi connectivity index (χ0) is 20.4. The van der Waals surface area contributed by atoms with Gasteiger partial charge in [0, 0.05) is 29.4 Å². The lowest BCUT2D eigenvalue weighted by Gasteiger charge is -2.20. The molecule has 2 N–H and O–H groups in total. The van der Waals surface area contributed by atoms with Gasteiger partial charge >= 0.3 is 5.97 Å². The van der Waals surface area contributed by atoms with E-state index in [1.54, 1.807) is 32.5 Å². The van der Waals surface area contributed by atoms with Crippen LogP contribution in [0.15, 0.2) is 23.5 Å². The number of carbonyl (C=O) groups excluding carboxylic acids is 1. The molecule has 0 saturated carbocycles. The maximum Gasteiger partial charge on any atom is 0.310 e. The monoisotopic (exact) mass is 403 g/mol. The molecule has 0 aliphatic heterocycles. The van der Waals surface area contributed by atoms with Gasteiger partial charge < -0.3 is 15.0 Å². The van der Waals surface area contributed by atoms with E-state index in [4.69, 9.17) is 4.74 Å². The van der Waals surface area contributed by atoms with Crippen LogP contribution in [0, 0.1) is 18.7 Å². The van der Waals surface area contributed by atoms with Crippen LogP contribution < -0.4 is 5.32 Å². The topological polar surface area (TPSA) is 92.8 Å². The summed E-state index contributed by atoms with van der Waals surface area (Å²) in [7, 11) is 1.33. The number of methoxy groups -OCH3 is 1. The molecule has 0 aliphatic carbocycles. The average molecular weight is 403 g/mol. The molecule has 2 unspecified atom stereocenters. The average Bonchev–Trinajstić information content (AvgIpc) is 3.11. The minimum atomic E-state index is -0.547. The second-order valence-corrected chi connectivity index (χ2v) is 7.37. The Morgan fingerprint density at radius 3 is 2.79 bits per heavy atom. The highest BCUT2D eigenvalue weighted by atomic mass is 32.2. The van der Waals surface area contributed by atoms with Crippen LogP contribution in [0.25, 0.3) is 22.4 Å². The number of fused-ring (bicyclic) bond motifs is 1. The molecule has 0 spiro atoms. The van der Waals surface area contributed by atoms with Gasteiger partial charge in [0.25, 0.3) is 0 Å². The van der Waals surface area contributed by atoms with Crippen LogP contribution >= 0.6 is 11.8 Å². The van der Waals surface area contributed by atoms with Crippen LogP contribution in [0.1, 0.15) is 19.4 Å². The first-order valence-corrected chi connectivity index (χ1v) is 9.98. The molecule has 148 valence electrons. The van der Waals surface area contributed by atoms with Crippen molar-refractivity contribution in [2.24, 2.45) is 5.92 Å². The molecule has 0 radical (unpaired) electrons. The van der Waals surface area contributed by atoms with Crippen molar-refractivity contribution in [1.29, 1.82) is 0 Å². The fraction of sp³-hybridized carbons (Fsp3) is 0.368. The molecule has 3 aromatic rings. The summed E-state index contributed by atoms with van der Waals surface area (Å²) in [6.07, 6.45) is 5.28. The number of aromatic amines is 1. The summed E-state index contributed by atoms with van der Waals surface area (Å²) < 4.78 is 19.6. The first kappa shape index (κ1) is 20.1. The first-order valence-electron chi connectivity index (χ1n) is 8.75. The molecule has 2 atom stereocenters. The lowest BCUT2D eigenvalue weighted by molar-refractivity contribution is -0.145. The van der Waals surface area contributed by atoms with Gasteiger partial charge in [-0.1, -0.05) is 0 Å². The molecule has 0 bridgehead atoms. The zero-order valence-electron chi connectivity index (χ0n) is 16.3. The number of hydrogen-bond donors (Lipinski definition) is 2. The van der Waals surface area contributed by atoms with E-state index in [-0.39, 0.29) is 22.9 Å². The smallest absolute Gasteiger partial charge is 0.310 e. The maximum atomic E-state index is 14.8. The Bertz CT molecular complexity index is 1020. The second kappa shape index (κ2) is 8.14. The molecule has 3 heterocycles. The highest BCUT2D eigenvalue weighted by Crippen LogP contribution is 2.31. The normalized spacial score (nSPS) is 13.4. The van der Waals surface area contributed by atoms with Crippen LogP contribution in [-0.2, 0) is 9.53 Å². The van der Waals surface area contributed by atoms with Gasteiger partial charge in [-0.25, -0.2) is 15.0 Å². The molecule has 28 heavy (non-hydrogen) atoms. The SMILES string of the molecule is COC(=O)C(C)C(C)Nc1nc(-c2c[nH]c3ncc(C)cc23)nc(SC)c1F. The molecule has 9 heteroatoms. The number of ether oxygens (including phenoxy) is 1. The summed E-state index contributed by atoms with van der Waals surface area (Å²) >= 11 is 1.19. The Morgan fingerprint density at radius 1 is 1.36 bits per heavy atom. The van der Waals surface area contributed by atoms with Gasteiger partial charge in [0.15, 0.2) is 17.5 Å². The van der Waals surface area contributed by atoms with Crippen molar-refractivity contribution in [3.8, 4) is 11.4 Å². The first-order chi connectivity index (χ1) is 13.3. The van der Waals surface area contributed by atoms with Crippen LogP contribution in [0.4, 0.5) is 10.2 Å². The summed E-state index contributed by atoms with van der Waals surface area (Å²) in [5, 5.41) is 4.08. The van der Waals surface area contributed by atoms with E-state index in [1.165, 1.54) is 18.9 Å². The number of esters is 1. The van der Waals surface area contributed by atoms with E-state index in [0.717, 1.165) is 16.5 Å². The van der Waals surface area contributed by atoms with E-state index < -0.39 is 11.7 Å². The van der Waals surface area contributed by atoms with Crippen LogP contribution in [0.2, 0.25) is 0 Å². The highest BCUT2D eigenvalue weighted by molar-refractivity contribution is 7.98. The number of halogens is 1. The Kier molecular flexibility index (Phi) is 5.83. The molecular weight excluding hydrogens is 381 g/mol. The molecule has 0 fully saturated rings. The van der Waals surface area contributed by atoms with Crippen molar-refractivity contribution in [3.63, 3.8) is 0 Å². The quantitative estimate of drug-likeness (QED) is 0.367. The minimum absolute atomic E-state index is 0.0487. The summed E-state index contributed by atoms with van der Waals surface area (Å²) in [6.45, 7) is 5.44. The predicted molar refractivity (Wildman–Crippen MR) is 108 cm³/mol. The van der Waals surface area contributed by atoms with E-state index in [2.05, 4.69) is 25.3 Å². The van der Waals surface area contributed by atoms with Crippen molar-refractivity contribution in [2.75, 3.05) is 18.7 Å². The lowest BCUT2D eigenvalue weighted by Crippen LogP contribution is -2.31. The number of thioether (sulfide) groups is 1. The number of carbonyl (C=O) groups is 1. The highest BCUT2D eigenvalue weighted by Gasteiger charge is 2.24. The van der Waals surface area contributed by atoms with Gasteiger partial charge in [-0.15, -0.1) is 11.8 Å². The number of H-pyrrole nitrogens is 1. The second-order valence-electron chi connectivity index (χ2n) is 6.58. The van der Waals surface area contributed by atoms with E-state index >= 15 is 0 Å². The number of aryl methyl sites for hydroxylation is 1. The van der Waals surface area contributed by atoms with Crippen molar-refractivity contribution in [2.45, 2.75) is 31.8 Å². The van der Waals surface area contributed by atoms with Crippen LogP contribution in [-0.4, -0.2) is 45.3 Å². The van der Waals surface area contributed by atoms with Gasteiger partial charge in [-0.2, -0.15) is 4.39 Å². The van der Waals surface area contributed by atoms with Crippen molar-refractivity contribution in [1.82, 2.24) is 19.9 Å².